The van der Waals surface area contributed by atoms with Crippen LogP contribution in [-0.4, -0.2) is 12.6 Å². The first-order valence-electron chi connectivity index (χ1n) is 4.26. The van der Waals surface area contributed by atoms with E-state index in [1.165, 1.54) is 5.57 Å². The predicted octanol–water partition coefficient (Wildman–Crippen LogP) is 1.68. The minimum atomic E-state index is -0.117. The Labute approximate surface area is 71.9 Å². The molecule has 0 bridgehead atoms. The van der Waals surface area contributed by atoms with Crippen LogP contribution in [0.1, 0.15) is 13.8 Å². The molecule has 64 valence electrons. The number of cyclic esters (lactones) is 1. The Morgan fingerprint density at radius 1 is 1.50 bits per heavy atom. The van der Waals surface area contributed by atoms with Gasteiger partial charge in [-0.2, -0.15) is 0 Å². The van der Waals surface area contributed by atoms with Crippen LogP contribution in [0.5, 0.6) is 0 Å². The molecule has 1 aliphatic heterocycles. The first-order valence-corrected chi connectivity index (χ1v) is 4.26. The van der Waals surface area contributed by atoms with E-state index in [0.717, 1.165) is 5.57 Å². The summed E-state index contributed by atoms with van der Waals surface area (Å²) >= 11 is 0. The van der Waals surface area contributed by atoms with Crippen LogP contribution >= 0.6 is 0 Å². The van der Waals surface area contributed by atoms with Gasteiger partial charge in [0.1, 0.15) is 6.61 Å². The van der Waals surface area contributed by atoms with E-state index in [2.05, 4.69) is 19.1 Å². The third-order valence-corrected chi connectivity index (χ3v) is 2.72. The van der Waals surface area contributed by atoms with E-state index >= 15 is 0 Å². The SMILES string of the molecule is CC1=C2C(=O)OC[C@H]2C=C[C@H]1C. The van der Waals surface area contributed by atoms with Gasteiger partial charge < -0.3 is 4.74 Å². The Kier molecular flexibility index (Phi) is 1.56. The minimum Gasteiger partial charge on any atom is -0.461 e. The molecule has 0 N–H and O–H groups in total. The number of hydrogen-bond donors (Lipinski definition) is 0. The maximum atomic E-state index is 11.3. The molecule has 0 spiro atoms. The molecule has 0 amide bonds. The Morgan fingerprint density at radius 2 is 2.25 bits per heavy atom. The van der Waals surface area contributed by atoms with Gasteiger partial charge in [-0.3, -0.25) is 0 Å². The summed E-state index contributed by atoms with van der Waals surface area (Å²) in [5.41, 5.74) is 2.06. The molecule has 0 radical (unpaired) electrons. The molecule has 2 heteroatoms. The third kappa shape index (κ3) is 0.909. The van der Waals surface area contributed by atoms with Gasteiger partial charge in [-0.25, -0.2) is 4.79 Å². The maximum absolute atomic E-state index is 11.3. The van der Waals surface area contributed by atoms with E-state index in [1.54, 1.807) is 0 Å². The molecule has 0 aromatic carbocycles. The highest BCUT2D eigenvalue weighted by molar-refractivity contribution is 5.92. The van der Waals surface area contributed by atoms with Gasteiger partial charge in [0.2, 0.25) is 0 Å². The molecule has 0 unspecified atom stereocenters. The van der Waals surface area contributed by atoms with Crippen LogP contribution in [0.3, 0.4) is 0 Å². The van der Waals surface area contributed by atoms with E-state index in [4.69, 9.17) is 4.74 Å². The van der Waals surface area contributed by atoms with Crippen LogP contribution in [0.4, 0.5) is 0 Å². The number of esters is 1. The quantitative estimate of drug-likeness (QED) is 0.402. The van der Waals surface area contributed by atoms with Crippen molar-refractivity contribution in [1.82, 2.24) is 0 Å². The van der Waals surface area contributed by atoms with Crippen LogP contribution in [0.25, 0.3) is 0 Å². The molecular formula is C10H12O2. The number of carbonyl (C=O) groups excluding carboxylic acids is 1. The topological polar surface area (TPSA) is 26.3 Å². The van der Waals surface area contributed by atoms with Crippen molar-refractivity contribution in [3.63, 3.8) is 0 Å². The summed E-state index contributed by atoms with van der Waals surface area (Å²) in [6, 6.07) is 0. The first kappa shape index (κ1) is 7.59. The summed E-state index contributed by atoms with van der Waals surface area (Å²) in [6.45, 7) is 4.65. The van der Waals surface area contributed by atoms with Crippen molar-refractivity contribution < 1.29 is 9.53 Å². The van der Waals surface area contributed by atoms with Crippen molar-refractivity contribution in [3.05, 3.63) is 23.3 Å². The Morgan fingerprint density at radius 3 is 3.00 bits per heavy atom. The fourth-order valence-corrected chi connectivity index (χ4v) is 1.77. The van der Waals surface area contributed by atoms with Crippen molar-refractivity contribution in [2.24, 2.45) is 11.8 Å². The third-order valence-electron chi connectivity index (χ3n) is 2.72. The lowest BCUT2D eigenvalue weighted by Gasteiger charge is -2.17. The number of allylic oxidation sites excluding steroid dienone is 2. The normalized spacial score (nSPS) is 33.7. The van der Waals surface area contributed by atoms with E-state index in [0.29, 0.717) is 12.5 Å². The lowest BCUT2D eigenvalue weighted by atomic mass is 9.85. The summed E-state index contributed by atoms with van der Waals surface area (Å²) in [5, 5.41) is 0. The fraction of sp³-hybridized carbons (Fsp3) is 0.500. The van der Waals surface area contributed by atoms with E-state index in [1.807, 2.05) is 6.92 Å². The predicted molar refractivity (Wildman–Crippen MR) is 45.5 cm³/mol. The monoisotopic (exact) mass is 164 g/mol. The summed E-state index contributed by atoms with van der Waals surface area (Å²) in [4.78, 5) is 11.3. The number of carbonyl (C=O) groups is 1. The second-order valence-electron chi connectivity index (χ2n) is 3.48. The van der Waals surface area contributed by atoms with Crippen molar-refractivity contribution in [1.29, 1.82) is 0 Å². The Balaban J connectivity index is 2.44. The molecule has 0 aromatic rings. The molecule has 2 aliphatic rings. The largest absolute Gasteiger partial charge is 0.461 e. The van der Waals surface area contributed by atoms with Crippen LogP contribution < -0.4 is 0 Å². The second kappa shape index (κ2) is 2.47. The summed E-state index contributed by atoms with van der Waals surface area (Å²) in [5.74, 6) is 0.504. The molecule has 1 aliphatic carbocycles. The zero-order chi connectivity index (χ0) is 8.72. The Hall–Kier alpha value is -1.05. The zero-order valence-corrected chi connectivity index (χ0v) is 7.33. The molecule has 0 aromatic heterocycles. The Bertz CT molecular complexity index is 286. The number of hydrogen-bond acceptors (Lipinski definition) is 2. The van der Waals surface area contributed by atoms with Crippen LogP contribution in [0.15, 0.2) is 23.3 Å². The highest BCUT2D eigenvalue weighted by Gasteiger charge is 2.33. The van der Waals surface area contributed by atoms with Gasteiger partial charge in [0.25, 0.3) is 0 Å². The van der Waals surface area contributed by atoms with E-state index in [9.17, 15) is 4.79 Å². The highest BCUT2D eigenvalue weighted by atomic mass is 16.5. The fourth-order valence-electron chi connectivity index (χ4n) is 1.77. The standard InChI is InChI=1S/C10H12O2/c1-6-3-4-8-5-12-10(11)9(8)7(6)2/h3-4,6,8H,5H2,1-2H3/t6-,8-/m1/s1. The number of rotatable bonds is 0. The van der Waals surface area contributed by atoms with Gasteiger partial charge in [-0.15, -0.1) is 0 Å². The highest BCUT2D eigenvalue weighted by Crippen LogP contribution is 2.33. The van der Waals surface area contributed by atoms with Gasteiger partial charge in [-0.1, -0.05) is 24.6 Å². The summed E-state index contributed by atoms with van der Waals surface area (Å²) < 4.78 is 4.97. The molecule has 1 saturated heterocycles. The molecule has 0 saturated carbocycles. The second-order valence-corrected chi connectivity index (χ2v) is 3.48. The average Bonchev–Trinajstić information content (AvgIpc) is 2.41. The maximum Gasteiger partial charge on any atom is 0.334 e. The molecule has 12 heavy (non-hydrogen) atoms. The van der Waals surface area contributed by atoms with Crippen LogP contribution in [0, 0.1) is 11.8 Å². The molecule has 2 atom stereocenters. The molecule has 1 fully saturated rings. The van der Waals surface area contributed by atoms with Crippen LogP contribution in [-0.2, 0) is 9.53 Å². The molecule has 2 nitrogen and oxygen atoms in total. The minimum absolute atomic E-state index is 0.117. The first-order chi connectivity index (χ1) is 5.70. The summed E-state index contributed by atoms with van der Waals surface area (Å²) in [7, 11) is 0. The van der Waals surface area contributed by atoms with Gasteiger partial charge >= 0.3 is 5.97 Å². The van der Waals surface area contributed by atoms with Gasteiger partial charge in [0, 0.05) is 11.5 Å². The van der Waals surface area contributed by atoms with Crippen LogP contribution in [0.2, 0.25) is 0 Å². The van der Waals surface area contributed by atoms with E-state index < -0.39 is 0 Å². The lowest BCUT2D eigenvalue weighted by molar-refractivity contribution is -0.135. The lowest BCUT2D eigenvalue weighted by Crippen LogP contribution is -2.11. The van der Waals surface area contributed by atoms with Gasteiger partial charge in [-0.05, 0) is 12.8 Å². The summed E-state index contributed by atoms with van der Waals surface area (Å²) in [6.07, 6.45) is 4.23. The zero-order valence-electron chi connectivity index (χ0n) is 7.33. The van der Waals surface area contributed by atoms with E-state index in [-0.39, 0.29) is 11.9 Å². The molecular weight excluding hydrogens is 152 g/mol. The van der Waals surface area contributed by atoms with Crippen molar-refractivity contribution in [2.75, 3.05) is 6.61 Å². The average molecular weight is 164 g/mol. The van der Waals surface area contributed by atoms with Gasteiger partial charge in [0.05, 0.1) is 0 Å². The number of ether oxygens (including phenoxy) is 1. The number of fused-ring (bicyclic) bond motifs is 1. The van der Waals surface area contributed by atoms with Crippen molar-refractivity contribution in [2.45, 2.75) is 13.8 Å². The molecule has 1 heterocycles. The van der Waals surface area contributed by atoms with Crippen molar-refractivity contribution in [3.8, 4) is 0 Å². The molecule has 2 rings (SSSR count). The van der Waals surface area contributed by atoms with Gasteiger partial charge in [0.15, 0.2) is 0 Å². The smallest absolute Gasteiger partial charge is 0.334 e. The van der Waals surface area contributed by atoms with Crippen molar-refractivity contribution >= 4 is 5.97 Å².